The van der Waals surface area contributed by atoms with Gasteiger partial charge in [0.15, 0.2) is 0 Å². The van der Waals surface area contributed by atoms with E-state index in [9.17, 15) is 9.59 Å². The zero-order valence-corrected chi connectivity index (χ0v) is 12.4. The van der Waals surface area contributed by atoms with Crippen LogP contribution in [-0.2, 0) is 14.3 Å². The number of halogens is 1. The van der Waals surface area contributed by atoms with E-state index in [0.717, 1.165) is 0 Å². The number of carbonyl (C=O) groups excluding carboxylic acids is 2. The van der Waals surface area contributed by atoms with E-state index >= 15 is 0 Å². The van der Waals surface area contributed by atoms with Crippen LogP contribution in [0.1, 0.15) is 13.3 Å². The van der Waals surface area contributed by atoms with Gasteiger partial charge in [0.25, 0.3) is 0 Å². The smallest absolute Gasteiger partial charge is 0.231 e. The zero-order chi connectivity index (χ0) is 15.4. The van der Waals surface area contributed by atoms with Crippen LogP contribution in [-0.4, -0.2) is 31.1 Å². The highest BCUT2D eigenvalue weighted by Crippen LogP contribution is 2.27. The molecule has 1 aliphatic heterocycles. The summed E-state index contributed by atoms with van der Waals surface area (Å²) in [4.78, 5) is 23.5. The maximum Gasteiger partial charge on any atom is 0.231 e. The van der Waals surface area contributed by atoms with E-state index in [1.807, 2.05) is 0 Å². The van der Waals surface area contributed by atoms with Crippen LogP contribution in [0.25, 0.3) is 0 Å². The van der Waals surface area contributed by atoms with Gasteiger partial charge in [0, 0.05) is 18.2 Å². The SMILES string of the molecule is CCC(=O)Nc1ccc(Cl)c(NC(=O)C2COCC2N)c1. The molecule has 4 N–H and O–H groups in total. The van der Waals surface area contributed by atoms with Gasteiger partial charge in [-0.3, -0.25) is 9.59 Å². The van der Waals surface area contributed by atoms with Crippen molar-refractivity contribution < 1.29 is 14.3 Å². The van der Waals surface area contributed by atoms with Gasteiger partial charge in [0.05, 0.1) is 29.8 Å². The van der Waals surface area contributed by atoms with Crippen LogP contribution in [0.15, 0.2) is 18.2 Å². The Labute approximate surface area is 128 Å². The van der Waals surface area contributed by atoms with Crippen LogP contribution in [0, 0.1) is 5.92 Å². The summed E-state index contributed by atoms with van der Waals surface area (Å²) in [6.45, 7) is 2.44. The number of rotatable bonds is 4. The van der Waals surface area contributed by atoms with Crippen molar-refractivity contribution in [1.29, 1.82) is 0 Å². The maximum absolute atomic E-state index is 12.1. The molecule has 0 aromatic heterocycles. The van der Waals surface area contributed by atoms with E-state index in [4.69, 9.17) is 22.1 Å². The Bertz CT molecular complexity index is 550. The van der Waals surface area contributed by atoms with E-state index < -0.39 is 5.92 Å². The molecule has 7 heteroatoms. The quantitative estimate of drug-likeness (QED) is 0.787. The van der Waals surface area contributed by atoms with E-state index in [2.05, 4.69) is 10.6 Å². The van der Waals surface area contributed by atoms with E-state index in [-0.39, 0.29) is 17.9 Å². The predicted molar refractivity (Wildman–Crippen MR) is 81.3 cm³/mol. The molecule has 6 nitrogen and oxygen atoms in total. The molecule has 0 saturated carbocycles. The first-order valence-corrected chi connectivity index (χ1v) is 7.12. The van der Waals surface area contributed by atoms with E-state index in [0.29, 0.717) is 36.0 Å². The summed E-state index contributed by atoms with van der Waals surface area (Å²) < 4.78 is 5.17. The van der Waals surface area contributed by atoms with Gasteiger partial charge >= 0.3 is 0 Å². The fraction of sp³-hybridized carbons (Fsp3) is 0.429. The topological polar surface area (TPSA) is 93.5 Å². The Kier molecular flexibility index (Phi) is 5.17. The highest BCUT2D eigenvalue weighted by atomic mass is 35.5. The summed E-state index contributed by atoms with van der Waals surface area (Å²) >= 11 is 6.06. The number of hydrogen-bond donors (Lipinski definition) is 3. The summed E-state index contributed by atoms with van der Waals surface area (Å²) in [5, 5.41) is 5.84. The number of amides is 2. The predicted octanol–water partition coefficient (Wildman–Crippen LogP) is 1.60. The van der Waals surface area contributed by atoms with Crippen molar-refractivity contribution in [2.45, 2.75) is 19.4 Å². The Morgan fingerprint density at radius 3 is 2.76 bits per heavy atom. The number of nitrogens with two attached hydrogens (primary N) is 1. The molecule has 2 unspecified atom stereocenters. The normalized spacial score (nSPS) is 21.1. The van der Waals surface area contributed by atoms with Gasteiger partial charge in [-0.1, -0.05) is 18.5 Å². The fourth-order valence-corrected chi connectivity index (χ4v) is 2.18. The van der Waals surface area contributed by atoms with Crippen molar-refractivity contribution in [1.82, 2.24) is 0 Å². The van der Waals surface area contributed by atoms with Gasteiger partial charge in [-0.05, 0) is 18.2 Å². The first-order chi connectivity index (χ1) is 10.0. The average Bonchev–Trinajstić information content (AvgIpc) is 2.88. The van der Waals surface area contributed by atoms with Crippen molar-refractivity contribution in [3.05, 3.63) is 23.2 Å². The second kappa shape index (κ2) is 6.89. The van der Waals surface area contributed by atoms with Gasteiger partial charge in [0.1, 0.15) is 0 Å². The molecule has 1 aromatic rings. The monoisotopic (exact) mass is 311 g/mol. The lowest BCUT2D eigenvalue weighted by molar-refractivity contribution is -0.120. The van der Waals surface area contributed by atoms with Gasteiger partial charge in [-0.15, -0.1) is 0 Å². The number of ether oxygens (including phenoxy) is 1. The third-order valence-electron chi connectivity index (χ3n) is 3.29. The van der Waals surface area contributed by atoms with Gasteiger partial charge in [-0.2, -0.15) is 0 Å². The number of anilines is 2. The minimum absolute atomic E-state index is 0.110. The van der Waals surface area contributed by atoms with Crippen LogP contribution in [0.3, 0.4) is 0 Å². The van der Waals surface area contributed by atoms with Crippen molar-refractivity contribution in [2.24, 2.45) is 11.7 Å². The molecule has 2 amide bonds. The summed E-state index contributed by atoms with van der Waals surface area (Å²) in [6, 6.07) is 4.60. The molecular weight excluding hydrogens is 294 g/mol. The van der Waals surface area contributed by atoms with Gasteiger partial charge in [-0.25, -0.2) is 0 Å². The minimum atomic E-state index is -0.394. The fourth-order valence-electron chi connectivity index (χ4n) is 2.01. The Morgan fingerprint density at radius 2 is 2.14 bits per heavy atom. The lowest BCUT2D eigenvalue weighted by atomic mass is 10.0. The van der Waals surface area contributed by atoms with Crippen LogP contribution in [0.4, 0.5) is 11.4 Å². The van der Waals surface area contributed by atoms with Crippen LogP contribution < -0.4 is 16.4 Å². The molecule has 0 bridgehead atoms. The number of carbonyl (C=O) groups is 2. The molecule has 0 spiro atoms. The van der Waals surface area contributed by atoms with Crippen LogP contribution in [0.2, 0.25) is 5.02 Å². The molecule has 114 valence electrons. The second-order valence-corrected chi connectivity index (χ2v) is 5.30. The summed E-state index contributed by atoms with van der Waals surface area (Å²) in [5.74, 6) is -0.739. The highest BCUT2D eigenvalue weighted by Gasteiger charge is 2.31. The van der Waals surface area contributed by atoms with Crippen LogP contribution in [0.5, 0.6) is 0 Å². The third-order valence-corrected chi connectivity index (χ3v) is 3.62. The van der Waals surface area contributed by atoms with Gasteiger partial charge < -0.3 is 21.1 Å². The van der Waals surface area contributed by atoms with Crippen molar-refractivity contribution in [3.8, 4) is 0 Å². The average molecular weight is 312 g/mol. The summed E-state index contributed by atoms with van der Waals surface area (Å²) in [7, 11) is 0. The molecule has 1 heterocycles. The molecule has 0 radical (unpaired) electrons. The zero-order valence-electron chi connectivity index (χ0n) is 11.7. The molecule has 1 aromatic carbocycles. The van der Waals surface area contributed by atoms with E-state index in [1.54, 1.807) is 25.1 Å². The summed E-state index contributed by atoms with van der Waals surface area (Å²) in [5.41, 5.74) is 6.83. The third kappa shape index (κ3) is 3.93. The maximum atomic E-state index is 12.1. The Morgan fingerprint density at radius 1 is 1.38 bits per heavy atom. The first-order valence-electron chi connectivity index (χ1n) is 6.75. The summed E-state index contributed by atoms with van der Waals surface area (Å²) in [6.07, 6.45) is 0.374. The first kappa shape index (κ1) is 15.8. The van der Waals surface area contributed by atoms with Crippen molar-refractivity contribution in [2.75, 3.05) is 23.8 Å². The molecule has 0 aliphatic carbocycles. The van der Waals surface area contributed by atoms with E-state index in [1.165, 1.54) is 0 Å². The molecule has 1 saturated heterocycles. The number of benzene rings is 1. The molecular formula is C14H18ClN3O3. The van der Waals surface area contributed by atoms with Crippen molar-refractivity contribution >= 4 is 34.8 Å². The molecule has 1 aliphatic rings. The lowest BCUT2D eigenvalue weighted by Gasteiger charge is -2.15. The second-order valence-electron chi connectivity index (χ2n) is 4.89. The largest absolute Gasteiger partial charge is 0.379 e. The van der Waals surface area contributed by atoms with Crippen molar-refractivity contribution in [3.63, 3.8) is 0 Å². The minimum Gasteiger partial charge on any atom is -0.379 e. The number of nitrogens with one attached hydrogen (secondary N) is 2. The Balaban J connectivity index is 2.09. The standard InChI is InChI=1S/C14H18ClN3O3/c1-2-13(19)17-8-3-4-10(15)12(5-8)18-14(20)9-6-21-7-11(9)16/h3-5,9,11H,2,6-7,16H2,1H3,(H,17,19)(H,18,20). The molecule has 1 fully saturated rings. The van der Waals surface area contributed by atoms with Gasteiger partial charge in [0.2, 0.25) is 11.8 Å². The Hall–Kier alpha value is -1.63. The number of hydrogen-bond acceptors (Lipinski definition) is 4. The highest BCUT2D eigenvalue weighted by molar-refractivity contribution is 6.33. The van der Waals surface area contributed by atoms with Crippen LogP contribution >= 0.6 is 11.6 Å². The molecule has 21 heavy (non-hydrogen) atoms. The lowest BCUT2D eigenvalue weighted by Crippen LogP contribution is -2.37. The molecule has 2 atom stereocenters. The molecule has 2 rings (SSSR count).